The van der Waals surface area contributed by atoms with E-state index < -0.39 is 12.1 Å². The molecule has 0 aliphatic carbocycles. The minimum absolute atomic E-state index is 0.261. The highest BCUT2D eigenvalue weighted by atomic mass is 16.5. The number of carbonyl (C=O) groups excluding carboxylic acids is 2. The van der Waals surface area contributed by atoms with Crippen LogP contribution >= 0.6 is 0 Å². The zero-order valence-electron chi connectivity index (χ0n) is 12.9. The van der Waals surface area contributed by atoms with Gasteiger partial charge >= 0.3 is 5.97 Å². The van der Waals surface area contributed by atoms with Crippen molar-refractivity contribution in [2.45, 2.75) is 33.4 Å². The van der Waals surface area contributed by atoms with Crippen LogP contribution < -0.4 is 5.32 Å². The van der Waals surface area contributed by atoms with Gasteiger partial charge in [0.25, 0.3) is 5.91 Å². The average molecular weight is 301 g/mol. The molecule has 0 saturated carbocycles. The molecule has 5 heteroatoms. The van der Waals surface area contributed by atoms with Gasteiger partial charge in [0.1, 0.15) is 5.76 Å². The Hall–Kier alpha value is -2.56. The van der Waals surface area contributed by atoms with Crippen LogP contribution in [-0.4, -0.2) is 18.0 Å². The maximum absolute atomic E-state index is 12.0. The van der Waals surface area contributed by atoms with Crippen LogP contribution in [0.15, 0.2) is 41.0 Å². The molecule has 5 nitrogen and oxygen atoms in total. The Morgan fingerprint density at radius 2 is 2.00 bits per heavy atom. The van der Waals surface area contributed by atoms with Gasteiger partial charge in [-0.15, -0.1) is 0 Å². The molecule has 2 rings (SSSR count). The fourth-order valence-corrected chi connectivity index (χ4v) is 1.88. The zero-order valence-corrected chi connectivity index (χ0v) is 12.9. The monoisotopic (exact) mass is 301 g/mol. The summed E-state index contributed by atoms with van der Waals surface area (Å²) in [6, 6.07) is 8.80. The van der Waals surface area contributed by atoms with Crippen molar-refractivity contribution in [3.63, 3.8) is 0 Å². The van der Waals surface area contributed by atoms with Gasteiger partial charge in [0, 0.05) is 0 Å². The van der Waals surface area contributed by atoms with Gasteiger partial charge < -0.3 is 14.5 Å². The van der Waals surface area contributed by atoms with Crippen molar-refractivity contribution in [2.24, 2.45) is 0 Å². The molecule has 2 aromatic rings. The molecule has 22 heavy (non-hydrogen) atoms. The lowest BCUT2D eigenvalue weighted by atomic mass is 10.1. The van der Waals surface area contributed by atoms with Crippen molar-refractivity contribution in [3.05, 3.63) is 59.0 Å². The Morgan fingerprint density at radius 1 is 1.23 bits per heavy atom. The van der Waals surface area contributed by atoms with Crippen molar-refractivity contribution in [1.29, 1.82) is 0 Å². The zero-order chi connectivity index (χ0) is 16.1. The number of carbonyl (C=O) groups is 2. The van der Waals surface area contributed by atoms with Crippen LogP contribution in [0.3, 0.4) is 0 Å². The third kappa shape index (κ3) is 3.97. The van der Waals surface area contributed by atoms with Gasteiger partial charge in [-0.1, -0.05) is 6.07 Å². The Bertz CT molecular complexity index is 661. The SMILES string of the molecule is Cc1ccc(C(=O)O[C@@H](C)C(=O)NCc2ccco2)cc1C. The highest BCUT2D eigenvalue weighted by Crippen LogP contribution is 2.12. The van der Waals surface area contributed by atoms with E-state index in [9.17, 15) is 9.59 Å². The Morgan fingerprint density at radius 3 is 2.64 bits per heavy atom. The highest BCUT2D eigenvalue weighted by Gasteiger charge is 2.19. The predicted octanol–water partition coefficient (Wildman–Crippen LogP) is 2.76. The van der Waals surface area contributed by atoms with Crippen molar-refractivity contribution in [2.75, 3.05) is 0 Å². The second kappa shape index (κ2) is 6.93. The van der Waals surface area contributed by atoms with Crippen LogP contribution in [0.25, 0.3) is 0 Å². The minimum Gasteiger partial charge on any atom is -0.467 e. The van der Waals surface area contributed by atoms with Crippen LogP contribution in [0.4, 0.5) is 0 Å². The second-order valence-electron chi connectivity index (χ2n) is 5.14. The summed E-state index contributed by atoms with van der Waals surface area (Å²) in [5.74, 6) is -0.238. The van der Waals surface area contributed by atoms with Gasteiger partial charge in [0.2, 0.25) is 0 Å². The van der Waals surface area contributed by atoms with E-state index >= 15 is 0 Å². The molecule has 0 spiro atoms. The molecule has 116 valence electrons. The molecule has 1 aromatic carbocycles. The van der Waals surface area contributed by atoms with Gasteiger partial charge in [0.15, 0.2) is 6.10 Å². The molecule has 0 unspecified atom stereocenters. The van der Waals surface area contributed by atoms with Crippen molar-refractivity contribution in [3.8, 4) is 0 Å². The number of esters is 1. The lowest BCUT2D eigenvalue weighted by Gasteiger charge is -2.13. The minimum atomic E-state index is -0.871. The Labute approximate surface area is 129 Å². The van der Waals surface area contributed by atoms with Gasteiger partial charge in [-0.05, 0) is 56.2 Å². The number of hydrogen-bond donors (Lipinski definition) is 1. The molecule has 0 fully saturated rings. The first-order valence-corrected chi connectivity index (χ1v) is 7.05. The molecule has 1 amide bonds. The summed E-state index contributed by atoms with van der Waals surface area (Å²) < 4.78 is 10.3. The third-order valence-electron chi connectivity index (χ3n) is 3.41. The molecular formula is C17H19NO4. The first-order valence-electron chi connectivity index (χ1n) is 7.05. The number of aryl methyl sites for hydroxylation is 2. The number of rotatable bonds is 5. The van der Waals surface area contributed by atoms with Crippen LogP contribution in [0.2, 0.25) is 0 Å². The molecule has 1 aromatic heterocycles. The molecule has 0 aliphatic heterocycles. The van der Waals surface area contributed by atoms with E-state index in [1.165, 1.54) is 13.2 Å². The summed E-state index contributed by atoms with van der Waals surface area (Å²) in [5, 5.41) is 2.65. The summed E-state index contributed by atoms with van der Waals surface area (Å²) >= 11 is 0. The molecule has 1 atom stereocenters. The highest BCUT2D eigenvalue weighted by molar-refractivity contribution is 5.92. The van der Waals surface area contributed by atoms with Crippen LogP contribution in [-0.2, 0) is 16.1 Å². The summed E-state index contributed by atoms with van der Waals surface area (Å²) in [6.45, 7) is 5.69. The number of furan rings is 1. The molecule has 1 heterocycles. The van der Waals surface area contributed by atoms with Crippen LogP contribution in [0, 0.1) is 13.8 Å². The van der Waals surface area contributed by atoms with Crippen molar-refractivity contribution >= 4 is 11.9 Å². The Kier molecular flexibility index (Phi) is 4.99. The fourth-order valence-electron chi connectivity index (χ4n) is 1.88. The summed E-state index contributed by atoms with van der Waals surface area (Å²) in [7, 11) is 0. The van der Waals surface area contributed by atoms with Crippen LogP contribution in [0.5, 0.6) is 0 Å². The summed E-state index contributed by atoms with van der Waals surface area (Å²) in [4.78, 5) is 23.9. The van der Waals surface area contributed by atoms with Crippen molar-refractivity contribution in [1.82, 2.24) is 5.32 Å². The lowest BCUT2D eigenvalue weighted by molar-refractivity contribution is -0.129. The standard InChI is InChI=1S/C17H19NO4/c1-11-6-7-14(9-12(11)2)17(20)22-13(3)16(19)18-10-15-5-4-8-21-15/h4-9,13H,10H2,1-3H3,(H,18,19)/t13-/m0/s1. The molecule has 0 bridgehead atoms. The van der Waals surface area contributed by atoms with E-state index in [1.807, 2.05) is 19.9 Å². The van der Waals surface area contributed by atoms with E-state index in [2.05, 4.69) is 5.32 Å². The van der Waals surface area contributed by atoms with Gasteiger partial charge in [0.05, 0.1) is 18.4 Å². The summed E-state index contributed by atoms with van der Waals surface area (Å²) in [6.07, 6.45) is 0.661. The molecule has 0 aliphatic rings. The number of amides is 1. The number of benzene rings is 1. The molecule has 1 N–H and O–H groups in total. The first kappa shape index (κ1) is 15.8. The third-order valence-corrected chi connectivity index (χ3v) is 3.41. The van der Waals surface area contributed by atoms with E-state index in [4.69, 9.17) is 9.15 Å². The lowest BCUT2D eigenvalue weighted by Crippen LogP contribution is -2.35. The smallest absolute Gasteiger partial charge is 0.338 e. The molecular weight excluding hydrogens is 282 g/mol. The second-order valence-corrected chi connectivity index (χ2v) is 5.14. The van der Waals surface area contributed by atoms with Gasteiger partial charge in [-0.2, -0.15) is 0 Å². The fraction of sp³-hybridized carbons (Fsp3) is 0.294. The number of nitrogens with one attached hydrogen (secondary N) is 1. The normalized spacial score (nSPS) is 11.8. The molecule has 0 radical (unpaired) electrons. The number of ether oxygens (including phenoxy) is 1. The number of hydrogen-bond acceptors (Lipinski definition) is 4. The van der Waals surface area contributed by atoms with Gasteiger partial charge in [-0.3, -0.25) is 4.79 Å². The largest absolute Gasteiger partial charge is 0.467 e. The maximum atomic E-state index is 12.0. The van der Waals surface area contributed by atoms with E-state index in [0.717, 1.165) is 11.1 Å². The van der Waals surface area contributed by atoms with E-state index in [1.54, 1.807) is 24.3 Å². The van der Waals surface area contributed by atoms with Crippen LogP contribution in [0.1, 0.15) is 34.2 Å². The maximum Gasteiger partial charge on any atom is 0.338 e. The average Bonchev–Trinajstić information content (AvgIpc) is 3.00. The summed E-state index contributed by atoms with van der Waals surface area (Å²) in [5.41, 5.74) is 2.54. The van der Waals surface area contributed by atoms with Gasteiger partial charge in [-0.25, -0.2) is 4.79 Å². The molecule has 0 saturated heterocycles. The predicted molar refractivity (Wildman–Crippen MR) is 81.3 cm³/mol. The Balaban J connectivity index is 1.89. The van der Waals surface area contributed by atoms with E-state index in [0.29, 0.717) is 11.3 Å². The van der Waals surface area contributed by atoms with E-state index in [-0.39, 0.29) is 12.5 Å². The topological polar surface area (TPSA) is 68.5 Å². The first-order chi connectivity index (χ1) is 10.5. The quantitative estimate of drug-likeness (QED) is 0.862. The van der Waals surface area contributed by atoms with Crippen molar-refractivity contribution < 1.29 is 18.7 Å².